The van der Waals surface area contributed by atoms with Gasteiger partial charge in [-0.3, -0.25) is 0 Å². The van der Waals surface area contributed by atoms with Crippen LogP contribution in [-0.2, 0) is 10.9 Å². The van der Waals surface area contributed by atoms with Crippen molar-refractivity contribution in [1.29, 1.82) is 0 Å². The van der Waals surface area contributed by atoms with Gasteiger partial charge in [0, 0.05) is 38.3 Å². The first-order chi connectivity index (χ1) is 11.5. The molecule has 1 aromatic rings. The van der Waals surface area contributed by atoms with E-state index >= 15 is 0 Å². The highest BCUT2D eigenvalue weighted by molar-refractivity contribution is 5.36. The Kier molecular flexibility index (Phi) is 5.55. The molecule has 134 valence electrons. The van der Waals surface area contributed by atoms with E-state index in [-0.39, 0.29) is 11.9 Å². The molecular formula is C16H23F3N4O. The van der Waals surface area contributed by atoms with Gasteiger partial charge in [0.1, 0.15) is 17.8 Å². The van der Waals surface area contributed by atoms with Crippen molar-refractivity contribution in [2.75, 3.05) is 31.6 Å². The lowest BCUT2D eigenvalue weighted by molar-refractivity contribution is -0.141. The molecular weight excluding hydrogens is 321 g/mol. The molecule has 2 aliphatic rings. The summed E-state index contributed by atoms with van der Waals surface area (Å²) in [4.78, 5) is 9.57. The maximum Gasteiger partial charge on any atom is 0.433 e. The second-order valence-electron chi connectivity index (χ2n) is 6.49. The van der Waals surface area contributed by atoms with Gasteiger partial charge < -0.3 is 15.0 Å². The average Bonchev–Trinajstić information content (AvgIpc) is 2.57. The van der Waals surface area contributed by atoms with Crippen molar-refractivity contribution in [1.82, 2.24) is 14.9 Å². The van der Waals surface area contributed by atoms with E-state index in [0.29, 0.717) is 6.10 Å². The second-order valence-corrected chi connectivity index (χ2v) is 6.49. The number of aromatic nitrogens is 2. The molecule has 2 saturated heterocycles. The first-order valence-corrected chi connectivity index (χ1v) is 8.50. The fourth-order valence-electron chi connectivity index (χ4n) is 3.30. The number of hydrogen-bond acceptors (Lipinski definition) is 5. The molecule has 1 aromatic heterocycles. The van der Waals surface area contributed by atoms with Crippen LogP contribution in [0.1, 0.15) is 37.8 Å². The molecule has 0 aromatic carbocycles. The molecule has 0 aliphatic carbocycles. The van der Waals surface area contributed by atoms with E-state index in [0.717, 1.165) is 64.3 Å². The van der Waals surface area contributed by atoms with Crippen LogP contribution in [0.5, 0.6) is 0 Å². The number of nitrogens with one attached hydrogen (secondary N) is 1. The van der Waals surface area contributed by atoms with Crippen LogP contribution >= 0.6 is 0 Å². The molecule has 0 saturated carbocycles. The zero-order valence-electron chi connectivity index (χ0n) is 13.6. The minimum atomic E-state index is -4.44. The highest BCUT2D eigenvalue weighted by Gasteiger charge is 2.33. The molecule has 0 spiro atoms. The number of piperidine rings is 1. The molecule has 3 heterocycles. The van der Waals surface area contributed by atoms with Gasteiger partial charge in [-0.1, -0.05) is 0 Å². The Bertz CT molecular complexity index is 526. The van der Waals surface area contributed by atoms with Crippen molar-refractivity contribution < 1.29 is 17.9 Å². The third kappa shape index (κ3) is 4.80. The van der Waals surface area contributed by atoms with Gasteiger partial charge in [-0.2, -0.15) is 13.2 Å². The molecule has 0 amide bonds. The quantitative estimate of drug-likeness (QED) is 0.910. The fourth-order valence-corrected chi connectivity index (χ4v) is 3.30. The first-order valence-electron chi connectivity index (χ1n) is 8.50. The summed E-state index contributed by atoms with van der Waals surface area (Å²) in [6.07, 6.45) is 2.14. The number of hydrogen-bond donors (Lipinski definition) is 1. The number of anilines is 1. The van der Waals surface area contributed by atoms with Gasteiger partial charge in [0.15, 0.2) is 0 Å². The monoisotopic (exact) mass is 344 g/mol. The molecule has 8 heteroatoms. The highest BCUT2D eigenvalue weighted by atomic mass is 19.4. The summed E-state index contributed by atoms with van der Waals surface area (Å²) >= 11 is 0. The van der Waals surface area contributed by atoms with Gasteiger partial charge >= 0.3 is 6.18 Å². The number of halogens is 3. The standard InChI is InChI=1S/C16H23F3N4O/c17-16(18,19)14-9-15(21-11-20-14)22-12-4-6-23(7-5-12)10-13-3-1-2-8-24-13/h9,11-13H,1-8,10H2,(H,20,21,22). The third-order valence-corrected chi connectivity index (χ3v) is 4.63. The van der Waals surface area contributed by atoms with Crippen molar-refractivity contribution in [3.63, 3.8) is 0 Å². The summed E-state index contributed by atoms with van der Waals surface area (Å²) in [7, 11) is 0. The van der Waals surface area contributed by atoms with Crippen LogP contribution in [0.2, 0.25) is 0 Å². The molecule has 0 bridgehead atoms. The summed E-state index contributed by atoms with van der Waals surface area (Å²) < 4.78 is 43.8. The molecule has 0 radical (unpaired) electrons. The van der Waals surface area contributed by atoms with E-state index in [1.54, 1.807) is 0 Å². The molecule has 1 atom stereocenters. The van der Waals surface area contributed by atoms with Gasteiger partial charge in [0.05, 0.1) is 6.10 Å². The fraction of sp³-hybridized carbons (Fsp3) is 0.750. The Labute approximate surface area is 139 Å². The highest BCUT2D eigenvalue weighted by Crippen LogP contribution is 2.28. The molecule has 2 fully saturated rings. The summed E-state index contributed by atoms with van der Waals surface area (Å²) in [6, 6.07) is 1.12. The molecule has 2 aliphatic heterocycles. The Morgan fingerprint density at radius 2 is 1.96 bits per heavy atom. The van der Waals surface area contributed by atoms with Gasteiger partial charge in [0.25, 0.3) is 0 Å². The molecule has 1 N–H and O–H groups in total. The Hall–Kier alpha value is -1.41. The molecule has 5 nitrogen and oxygen atoms in total. The summed E-state index contributed by atoms with van der Waals surface area (Å²) in [5, 5.41) is 3.11. The zero-order valence-corrected chi connectivity index (χ0v) is 13.6. The lowest BCUT2D eigenvalue weighted by Gasteiger charge is -2.35. The van der Waals surface area contributed by atoms with Crippen LogP contribution in [0.4, 0.5) is 19.0 Å². The normalized spacial score (nSPS) is 24.0. The number of nitrogens with zero attached hydrogens (tertiary/aromatic N) is 3. The van der Waals surface area contributed by atoms with Gasteiger partial charge in [-0.15, -0.1) is 0 Å². The van der Waals surface area contributed by atoms with Gasteiger partial charge in [-0.25, -0.2) is 9.97 Å². The average molecular weight is 344 g/mol. The minimum Gasteiger partial charge on any atom is -0.377 e. The largest absolute Gasteiger partial charge is 0.433 e. The van der Waals surface area contributed by atoms with Crippen molar-refractivity contribution in [2.24, 2.45) is 0 Å². The number of likely N-dealkylation sites (tertiary alicyclic amines) is 1. The lowest BCUT2D eigenvalue weighted by Crippen LogP contribution is -2.43. The first kappa shape index (κ1) is 17.4. The third-order valence-electron chi connectivity index (χ3n) is 4.63. The van der Waals surface area contributed by atoms with Crippen molar-refractivity contribution in [2.45, 2.75) is 50.4 Å². The number of rotatable bonds is 4. The number of ether oxygens (including phenoxy) is 1. The van der Waals surface area contributed by atoms with Crippen molar-refractivity contribution >= 4 is 5.82 Å². The van der Waals surface area contributed by atoms with E-state index in [1.807, 2.05) is 0 Å². The van der Waals surface area contributed by atoms with E-state index in [1.165, 1.54) is 6.42 Å². The minimum absolute atomic E-state index is 0.143. The Morgan fingerprint density at radius 3 is 2.62 bits per heavy atom. The van der Waals surface area contributed by atoms with Crippen molar-refractivity contribution in [3.05, 3.63) is 18.1 Å². The smallest absolute Gasteiger partial charge is 0.377 e. The number of alkyl halides is 3. The van der Waals surface area contributed by atoms with Crippen molar-refractivity contribution in [3.8, 4) is 0 Å². The van der Waals surface area contributed by atoms with E-state index in [9.17, 15) is 13.2 Å². The second kappa shape index (κ2) is 7.65. The van der Waals surface area contributed by atoms with Crippen LogP contribution in [0.15, 0.2) is 12.4 Å². The molecule has 24 heavy (non-hydrogen) atoms. The summed E-state index contributed by atoms with van der Waals surface area (Å²) in [5.74, 6) is 0.242. The van der Waals surface area contributed by atoms with Crippen LogP contribution in [0.3, 0.4) is 0 Å². The predicted molar refractivity (Wildman–Crippen MR) is 83.7 cm³/mol. The van der Waals surface area contributed by atoms with Crippen LogP contribution in [0.25, 0.3) is 0 Å². The van der Waals surface area contributed by atoms with Crippen LogP contribution in [0, 0.1) is 0 Å². The SMILES string of the molecule is FC(F)(F)c1cc(NC2CCN(CC3CCCCO3)CC2)ncn1. The van der Waals surface area contributed by atoms with Crippen LogP contribution < -0.4 is 5.32 Å². The topological polar surface area (TPSA) is 50.3 Å². The maximum absolute atomic E-state index is 12.7. The Balaban J connectivity index is 1.47. The predicted octanol–water partition coefficient (Wildman–Crippen LogP) is 2.94. The van der Waals surface area contributed by atoms with Gasteiger partial charge in [0.2, 0.25) is 0 Å². The Morgan fingerprint density at radius 1 is 1.17 bits per heavy atom. The summed E-state index contributed by atoms with van der Waals surface area (Å²) in [6.45, 7) is 3.67. The van der Waals surface area contributed by atoms with E-state index < -0.39 is 11.9 Å². The zero-order chi connectivity index (χ0) is 17.0. The molecule has 3 rings (SSSR count). The summed E-state index contributed by atoms with van der Waals surface area (Å²) in [5.41, 5.74) is -0.910. The van der Waals surface area contributed by atoms with Gasteiger partial charge in [-0.05, 0) is 32.1 Å². The molecule has 1 unspecified atom stereocenters. The van der Waals surface area contributed by atoms with E-state index in [4.69, 9.17) is 4.74 Å². The van der Waals surface area contributed by atoms with Crippen LogP contribution in [-0.4, -0.2) is 53.3 Å². The lowest BCUT2D eigenvalue weighted by atomic mass is 10.0. The maximum atomic E-state index is 12.7. The van der Waals surface area contributed by atoms with E-state index in [2.05, 4.69) is 20.2 Å².